The number of aromatic nitrogens is 3. The van der Waals surface area contributed by atoms with Crippen molar-refractivity contribution in [1.29, 1.82) is 0 Å². The molecule has 4 heterocycles. The Morgan fingerprint density at radius 2 is 2.14 bits per heavy atom. The van der Waals surface area contributed by atoms with Crippen LogP contribution in [0.4, 0.5) is 5.82 Å². The van der Waals surface area contributed by atoms with Crippen LogP contribution in [-0.2, 0) is 9.53 Å². The molecule has 2 aromatic heterocycles. The van der Waals surface area contributed by atoms with Crippen LogP contribution in [-0.4, -0.2) is 52.7 Å². The molecule has 22 heavy (non-hydrogen) atoms. The maximum Gasteiger partial charge on any atom is 0.252 e. The van der Waals surface area contributed by atoms with E-state index < -0.39 is 0 Å². The molecule has 0 bridgehead atoms. The molecular weight excluding hydrogens is 286 g/mol. The van der Waals surface area contributed by atoms with Crippen molar-refractivity contribution in [2.24, 2.45) is 0 Å². The predicted molar refractivity (Wildman–Crippen MR) is 77.6 cm³/mol. The van der Waals surface area contributed by atoms with E-state index in [1.807, 2.05) is 6.92 Å². The van der Waals surface area contributed by atoms with Crippen LogP contribution in [0.15, 0.2) is 4.42 Å². The molecule has 1 atom stereocenters. The van der Waals surface area contributed by atoms with Gasteiger partial charge < -0.3 is 19.4 Å². The van der Waals surface area contributed by atoms with Gasteiger partial charge in [0, 0.05) is 20.0 Å². The minimum Gasteiger partial charge on any atom is -0.422 e. The van der Waals surface area contributed by atoms with Gasteiger partial charge in [0.05, 0.1) is 6.54 Å². The van der Waals surface area contributed by atoms with Crippen molar-refractivity contribution >= 4 is 23.0 Å². The average molecular weight is 303 g/mol. The van der Waals surface area contributed by atoms with Gasteiger partial charge in [-0.05, 0) is 13.3 Å². The number of fused-ring (bicyclic) bond motifs is 1. The summed E-state index contributed by atoms with van der Waals surface area (Å²) < 4.78 is 11.3. The van der Waals surface area contributed by atoms with Crippen LogP contribution in [0, 0.1) is 13.8 Å². The first kappa shape index (κ1) is 13.4. The van der Waals surface area contributed by atoms with Gasteiger partial charge in [-0.3, -0.25) is 4.79 Å². The Balaban J connectivity index is 1.67. The molecular formula is C14H17N5O3. The summed E-state index contributed by atoms with van der Waals surface area (Å²) in [5.74, 6) is 1.94. The summed E-state index contributed by atoms with van der Waals surface area (Å²) in [6.45, 7) is 5.76. The zero-order chi connectivity index (χ0) is 15.3. The van der Waals surface area contributed by atoms with Crippen LogP contribution in [0.1, 0.15) is 18.1 Å². The topological polar surface area (TPSA) is 93.4 Å². The Morgan fingerprint density at radius 1 is 1.27 bits per heavy atom. The van der Waals surface area contributed by atoms with Gasteiger partial charge in [-0.15, -0.1) is 0 Å². The molecule has 1 spiro atoms. The molecule has 0 aliphatic carbocycles. The van der Waals surface area contributed by atoms with Crippen LogP contribution in [0.5, 0.6) is 0 Å². The van der Waals surface area contributed by atoms with E-state index in [1.54, 1.807) is 6.92 Å². The summed E-state index contributed by atoms with van der Waals surface area (Å²) in [4.78, 5) is 26.6. The summed E-state index contributed by atoms with van der Waals surface area (Å²) in [6.07, 6.45) is 0.842. The highest BCUT2D eigenvalue weighted by Gasteiger charge is 2.43. The maximum atomic E-state index is 11.3. The number of rotatable bonds is 1. The number of anilines is 1. The minimum absolute atomic E-state index is 0.0588. The number of aryl methyl sites for hydroxylation is 2. The zero-order valence-corrected chi connectivity index (χ0v) is 12.5. The van der Waals surface area contributed by atoms with Crippen molar-refractivity contribution in [2.75, 3.05) is 31.1 Å². The molecule has 116 valence electrons. The van der Waals surface area contributed by atoms with Gasteiger partial charge >= 0.3 is 0 Å². The first-order valence-electron chi connectivity index (χ1n) is 7.32. The molecule has 0 aromatic carbocycles. The van der Waals surface area contributed by atoms with Gasteiger partial charge in [0.2, 0.25) is 5.91 Å². The van der Waals surface area contributed by atoms with E-state index >= 15 is 0 Å². The third-order valence-electron chi connectivity index (χ3n) is 4.19. The van der Waals surface area contributed by atoms with Crippen molar-refractivity contribution in [2.45, 2.75) is 25.9 Å². The van der Waals surface area contributed by atoms with Gasteiger partial charge in [-0.1, -0.05) is 0 Å². The third kappa shape index (κ3) is 2.10. The molecule has 1 unspecified atom stereocenters. The Hall–Kier alpha value is -2.22. The van der Waals surface area contributed by atoms with Crippen LogP contribution in [0.25, 0.3) is 11.2 Å². The van der Waals surface area contributed by atoms with Crippen LogP contribution in [0.2, 0.25) is 0 Å². The van der Waals surface area contributed by atoms with Crippen LogP contribution >= 0.6 is 0 Å². The first-order valence-corrected chi connectivity index (χ1v) is 7.32. The highest BCUT2D eigenvalue weighted by Crippen LogP contribution is 2.33. The highest BCUT2D eigenvalue weighted by atomic mass is 16.5. The second kappa shape index (κ2) is 4.64. The Bertz CT molecular complexity index is 746. The molecule has 1 N–H and O–H groups in total. The second-order valence-corrected chi connectivity index (χ2v) is 5.90. The smallest absolute Gasteiger partial charge is 0.252 e. The lowest BCUT2D eigenvalue weighted by molar-refractivity contribution is -0.141. The number of carbonyl (C=O) groups excluding carboxylic acids is 1. The molecule has 8 heteroatoms. The number of carbonyl (C=O) groups is 1. The van der Waals surface area contributed by atoms with Gasteiger partial charge in [-0.25, -0.2) is 9.97 Å². The lowest BCUT2D eigenvalue weighted by Gasteiger charge is -2.33. The molecule has 2 aliphatic rings. The molecule has 0 radical (unpaired) electrons. The number of morpholine rings is 1. The minimum atomic E-state index is -0.335. The largest absolute Gasteiger partial charge is 0.422 e. The molecule has 4 rings (SSSR count). The molecule has 2 fully saturated rings. The molecule has 0 saturated carbocycles. The highest BCUT2D eigenvalue weighted by molar-refractivity contribution is 5.82. The van der Waals surface area contributed by atoms with Gasteiger partial charge in [0.1, 0.15) is 18.0 Å². The second-order valence-electron chi connectivity index (χ2n) is 5.90. The Kier molecular flexibility index (Phi) is 2.83. The van der Waals surface area contributed by atoms with Crippen LogP contribution < -0.4 is 10.2 Å². The SMILES string of the molecule is Cc1nc(N2CCC3(CNC(=O)CO3)C2)c2nc(C)oc2n1. The van der Waals surface area contributed by atoms with E-state index in [2.05, 4.69) is 25.2 Å². The Labute approximate surface area is 126 Å². The fraction of sp³-hybridized carbons (Fsp3) is 0.571. The third-order valence-corrected chi connectivity index (χ3v) is 4.19. The zero-order valence-electron chi connectivity index (χ0n) is 12.5. The quantitative estimate of drug-likeness (QED) is 0.811. The lowest BCUT2D eigenvalue weighted by atomic mass is 10.0. The van der Waals surface area contributed by atoms with E-state index in [-0.39, 0.29) is 18.1 Å². The van der Waals surface area contributed by atoms with E-state index in [4.69, 9.17) is 9.15 Å². The monoisotopic (exact) mass is 303 g/mol. The standard InChI is InChI=1S/C14H17N5O3/c1-8-16-12(11-13(17-8)22-9(2)18-11)19-4-3-14(7-19)6-15-10(20)5-21-14/h3-7H2,1-2H3,(H,15,20). The lowest BCUT2D eigenvalue weighted by Crippen LogP contribution is -2.53. The normalized spacial score (nSPS) is 25.2. The van der Waals surface area contributed by atoms with Gasteiger partial charge in [0.15, 0.2) is 17.2 Å². The number of amides is 1. The number of hydrogen-bond donors (Lipinski definition) is 1. The molecule has 8 nitrogen and oxygen atoms in total. The van der Waals surface area contributed by atoms with E-state index in [1.165, 1.54) is 0 Å². The number of nitrogens with zero attached hydrogens (tertiary/aromatic N) is 4. The summed E-state index contributed by atoms with van der Waals surface area (Å²) in [7, 11) is 0. The van der Waals surface area contributed by atoms with Crippen molar-refractivity contribution < 1.29 is 13.9 Å². The number of hydrogen-bond acceptors (Lipinski definition) is 7. The summed E-state index contributed by atoms with van der Waals surface area (Å²) in [5, 5.41) is 2.88. The van der Waals surface area contributed by atoms with E-state index in [0.29, 0.717) is 36.0 Å². The number of ether oxygens (including phenoxy) is 1. The van der Waals surface area contributed by atoms with E-state index in [0.717, 1.165) is 18.8 Å². The molecule has 2 aliphatic heterocycles. The Morgan fingerprint density at radius 3 is 2.91 bits per heavy atom. The van der Waals surface area contributed by atoms with Gasteiger partial charge in [0.25, 0.3) is 5.71 Å². The summed E-state index contributed by atoms with van der Waals surface area (Å²) >= 11 is 0. The van der Waals surface area contributed by atoms with E-state index in [9.17, 15) is 4.79 Å². The van der Waals surface area contributed by atoms with Crippen molar-refractivity contribution in [3.8, 4) is 0 Å². The van der Waals surface area contributed by atoms with Crippen molar-refractivity contribution in [3.05, 3.63) is 11.7 Å². The predicted octanol–water partition coefficient (Wildman–Crippen LogP) is 0.330. The number of oxazole rings is 1. The molecule has 1 amide bonds. The maximum absolute atomic E-state index is 11.3. The van der Waals surface area contributed by atoms with Crippen LogP contribution in [0.3, 0.4) is 0 Å². The van der Waals surface area contributed by atoms with Crippen molar-refractivity contribution in [1.82, 2.24) is 20.3 Å². The summed E-state index contributed by atoms with van der Waals surface area (Å²) in [6, 6.07) is 0. The average Bonchev–Trinajstić information content (AvgIpc) is 3.05. The first-order chi connectivity index (χ1) is 10.5. The molecule has 2 aromatic rings. The fourth-order valence-corrected chi connectivity index (χ4v) is 3.10. The van der Waals surface area contributed by atoms with Gasteiger partial charge in [-0.2, -0.15) is 4.98 Å². The van der Waals surface area contributed by atoms with Crippen molar-refractivity contribution in [3.63, 3.8) is 0 Å². The fourth-order valence-electron chi connectivity index (χ4n) is 3.10. The molecule has 2 saturated heterocycles. The number of nitrogens with one attached hydrogen (secondary N) is 1. The summed E-state index contributed by atoms with van der Waals surface area (Å²) in [5.41, 5.74) is 0.858.